The molecule has 0 aromatic heterocycles. The zero-order valence-electron chi connectivity index (χ0n) is 10.3. The predicted octanol–water partition coefficient (Wildman–Crippen LogP) is 0.107. The Morgan fingerprint density at radius 1 is 1.05 bits per heavy atom. The highest BCUT2D eigenvalue weighted by Gasteiger charge is 2.25. The van der Waals surface area contributed by atoms with Crippen LogP contribution in [0.5, 0.6) is 0 Å². The third kappa shape index (κ3) is 5.07. The molecule has 2 atom stereocenters. The van der Waals surface area contributed by atoms with E-state index in [4.69, 9.17) is 15.3 Å². The minimum absolute atomic E-state index is 0.253. The second-order valence-electron chi connectivity index (χ2n) is 4.16. The summed E-state index contributed by atoms with van der Waals surface area (Å²) < 4.78 is 0. The van der Waals surface area contributed by atoms with Gasteiger partial charge in [-0.15, -0.1) is 0 Å². The van der Waals surface area contributed by atoms with Gasteiger partial charge in [-0.25, -0.2) is 0 Å². The highest BCUT2D eigenvalue weighted by Crippen LogP contribution is 2.06. The number of nitrogens with one attached hydrogen (secondary N) is 1. The van der Waals surface area contributed by atoms with Gasteiger partial charge in [0.1, 0.15) is 12.1 Å². The molecule has 6 nitrogen and oxygen atoms in total. The fourth-order valence-corrected chi connectivity index (χ4v) is 1.68. The molecule has 19 heavy (non-hydrogen) atoms. The van der Waals surface area contributed by atoms with E-state index >= 15 is 0 Å². The largest absolute Gasteiger partial charge is 0.480 e. The summed E-state index contributed by atoms with van der Waals surface area (Å²) in [6, 6.07) is 7.05. The fourth-order valence-electron chi connectivity index (χ4n) is 1.68. The third-order valence-corrected chi connectivity index (χ3v) is 2.75. The van der Waals surface area contributed by atoms with Crippen molar-refractivity contribution < 1.29 is 24.9 Å². The van der Waals surface area contributed by atoms with Crippen LogP contribution in [-0.2, 0) is 16.0 Å². The van der Waals surface area contributed by atoms with Crippen LogP contribution in [0.2, 0.25) is 0 Å². The molecule has 0 saturated carbocycles. The molecule has 0 aliphatic heterocycles. The standard InChI is InChI=1S/C13H17NO5/c15-8-11(13(18)19)14-10(12(16)17)7-6-9-4-2-1-3-5-9/h1-5,10-11,14-15H,6-8H2,(H,16,17)(H,18,19)/t10-,11?/m0/s1. The minimum Gasteiger partial charge on any atom is -0.480 e. The van der Waals surface area contributed by atoms with E-state index in [1.54, 1.807) is 0 Å². The van der Waals surface area contributed by atoms with Gasteiger partial charge in [-0.05, 0) is 18.4 Å². The Balaban J connectivity index is 2.58. The van der Waals surface area contributed by atoms with Gasteiger partial charge >= 0.3 is 11.9 Å². The molecule has 1 aromatic rings. The van der Waals surface area contributed by atoms with Crippen molar-refractivity contribution >= 4 is 11.9 Å². The second-order valence-corrected chi connectivity index (χ2v) is 4.16. The topological polar surface area (TPSA) is 107 Å². The summed E-state index contributed by atoms with van der Waals surface area (Å²) in [5, 5.41) is 29.1. The summed E-state index contributed by atoms with van der Waals surface area (Å²) in [5.74, 6) is -2.40. The van der Waals surface area contributed by atoms with Crippen LogP contribution in [-0.4, -0.2) is 45.9 Å². The molecule has 0 heterocycles. The Kier molecular flexibility index (Phi) is 5.98. The van der Waals surface area contributed by atoms with Crippen LogP contribution in [0, 0.1) is 0 Å². The molecule has 0 radical (unpaired) electrons. The summed E-state index contributed by atoms with van der Waals surface area (Å²) in [7, 11) is 0. The number of carboxylic acid groups (broad SMARTS) is 2. The molecule has 0 spiro atoms. The molecule has 4 N–H and O–H groups in total. The lowest BCUT2D eigenvalue weighted by atomic mass is 10.0. The van der Waals surface area contributed by atoms with Crippen LogP contribution < -0.4 is 5.32 Å². The van der Waals surface area contributed by atoms with E-state index in [2.05, 4.69) is 5.32 Å². The van der Waals surface area contributed by atoms with Crippen LogP contribution in [0.1, 0.15) is 12.0 Å². The number of hydrogen-bond donors (Lipinski definition) is 4. The van der Waals surface area contributed by atoms with E-state index < -0.39 is 30.6 Å². The summed E-state index contributed by atoms with van der Waals surface area (Å²) in [6.07, 6.45) is 0.770. The van der Waals surface area contributed by atoms with Crippen LogP contribution >= 0.6 is 0 Å². The zero-order valence-corrected chi connectivity index (χ0v) is 10.3. The van der Waals surface area contributed by atoms with E-state index in [-0.39, 0.29) is 6.42 Å². The van der Waals surface area contributed by atoms with Crippen molar-refractivity contribution in [3.05, 3.63) is 35.9 Å². The van der Waals surface area contributed by atoms with Crippen molar-refractivity contribution in [2.24, 2.45) is 0 Å². The van der Waals surface area contributed by atoms with Gasteiger partial charge in [-0.3, -0.25) is 14.9 Å². The maximum Gasteiger partial charge on any atom is 0.323 e. The van der Waals surface area contributed by atoms with Crippen molar-refractivity contribution in [3.8, 4) is 0 Å². The van der Waals surface area contributed by atoms with E-state index in [9.17, 15) is 9.59 Å². The summed E-state index contributed by atoms with van der Waals surface area (Å²) >= 11 is 0. The molecular weight excluding hydrogens is 250 g/mol. The van der Waals surface area contributed by atoms with Gasteiger partial charge in [0.25, 0.3) is 0 Å². The second kappa shape index (κ2) is 7.50. The van der Waals surface area contributed by atoms with Gasteiger partial charge in [-0.2, -0.15) is 0 Å². The molecule has 1 rings (SSSR count). The zero-order chi connectivity index (χ0) is 14.3. The highest BCUT2D eigenvalue weighted by atomic mass is 16.4. The first-order valence-electron chi connectivity index (χ1n) is 5.91. The van der Waals surface area contributed by atoms with Gasteiger partial charge < -0.3 is 15.3 Å². The minimum atomic E-state index is -1.27. The maximum absolute atomic E-state index is 11.1. The number of aliphatic carboxylic acids is 2. The molecule has 0 saturated heterocycles. The molecule has 6 heteroatoms. The first-order valence-corrected chi connectivity index (χ1v) is 5.91. The van der Waals surface area contributed by atoms with Crippen molar-refractivity contribution in [2.45, 2.75) is 24.9 Å². The molecule has 0 amide bonds. The lowest BCUT2D eigenvalue weighted by Crippen LogP contribution is -2.49. The molecule has 0 aliphatic carbocycles. The smallest absolute Gasteiger partial charge is 0.323 e. The van der Waals surface area contributed by atoms with E-state index in [0.29, 0.717) is 6.42 Å². The van der Waals surface area contributed by atoms with Gasteiger partial charge in [0, 0.05) is 0 Å². The number of aryl methyl sites for hydroxylation is 1. The van der Waals surface area contributed by atoms with Gasteiger partial charge in [-0.1, -0.05) is 30.3 Å². The molecule has 0 fully saturated rings. The molecule has 104 valence electrons. The fraction of sp³-hybridized carbons (Fsp3) is 0.385. The Hall–Kier alpha value is -1.92. The molecule has 0 bridgehead atoms. The monoisotopic (exact) mass is 267 g/mol. The third-order valence-electron chi connectivity index (χ3n) is 2.75. The molecule has 0 aliphatic rings. The van der Waals surface area contributed by atoms with Gasteiger partial charge in [0.2, 0.25) is 0 Å². The Morgan fingerprint density at radius 3 is 2.11 bits per heavy atom. The van der Waals surface area contributed by atoms with Crippen molar-refractivity contribution in [2.75, 3.05) is 6.61 Å². The normalized spacial score (nSPS) is 13.7. The first-order chi connectivity index (χ1) is 9.04. The predicted molar refractivity (Wildman–Crippen MR) is 67.8 cm³/mol. The Morgan fingerprint density at radius 2 is 1.63 bits per heavy atom. The van der Waals surface area contributed by atoms with Crippen LogP contribution in [0.3, 0.4) is 0 Å². The van der Waals surface area contributed by atoms with E-state index in [0.717, 1.165) is 5.56 Å². The average molecular weight is 267 g/mol. The SMILES string of the molecule is O=C(O)C(CO)N[C@@H](CCc1ccccc1)C(=O)O. The van der Waals surface area contributed by atoms with Crippen LogP contribution in [0.25, 0.3) is 0 Å². The summed E-state index contributed by atoms with van der Waals surface area (Å²) in [5.41, 5.74) is 0.978. The average Bonchev–Trinajstić information content (AvgIpc) is 2.39. The van der Waals surface area contributed by atoms with Crippen LogP contribution in [0.15, 0.2) is 30.3 Å². The number of aliphatic hydroxyl groups excluding tert-OH is 1. The number of rotatable bonds is 8. The number of carboxylic acids is 2. The maximum atomic E-state index is 11.1. The quantitative estimate of drug-likeness (QED) is 0.532. The molecular formula is C13H17NO5. The number of carbonyl (C=O) groups is 2. The summed E-state index contributed by atoms with van der Waals surface area (Å²) in [4.78, 5) is 21.8. The van der Waals surface area contributed by atoms with E-state index in [1.807, 2.05) is 30.3 Å². The lowest BCUT2D eigenvalue weighted by Gasteiger charge is -2.18. The van der Waals surface area contributed by atoms with Crippen molar-refractivity contribution in [1.82, 2.24) is 5.32 Å². The summed E-state index contributed by atoms with van der Waals surface area (Å²) in [6.45, 7) is -0.648. The number of aliphatic hydroxyl groups is 1. The Labute approximate surface area is 110 Å². The molecule has 1 aromatic carbocycles. The first kappa shape index (κ1) is 15.1. The number of hydrogen-bond acceptors (Lipinski definition) is 4. The Bertz CT molecular complexity index is 420. The molecule has 1 unspecified atom stereocenters. The van der Waals surface area contributed by atoms with Crippen molar-refractivity contribution in [3.63, 3.8) is 0 Å². The van der Waals surface area contributed by atoms with Crippen LogP contribution in [0.4, 0.5) is 0 Å². The highest BCUT2D eigenvalue weighted by molar-refractivity contribution is 5.77. The van der Waals surface area contributed by atoms with Crippen molar-refractivity contribution in [1.29, 1.82) is 0 Å². The van der Waals surface area contributed by atoms with E-state index in [1.165, 1.54) is 0 Å². The number of benzene rings is 1. The van der Waals surface area contributed by atoms with Gasteiger partial charge in [0.15, 0.2) is 0 Å². The lowest BCUT2D eigenvalue weighted by molar-refractivity contribution is -0.143. The van der Waals surface area contributed by atoms with Gasteiger partial charge in [0.05, 0.1) is 6.61 Å².